The minimum atomic E-state index is -0.571. The second-order valence-corrected chi connectivity index (χ2v) is 6.47. The molecule has 4 rings (SSSR count). The molecule has 1 fully saturated rings. The predicted molar refractivity (Wildman–Crippen MR) is 101 cm³/mol. The van der Waals surface area contributed by atoms with E-state index < -0.39 is 5.97 Å². The minimum absolute atomic E-state index is 0.0985. The molecule has 0 radical (unpaired) electrons. The molecule has 1 aliphatic rings. The molecule has 1 aromatic heterocycles. The Labute approximate surface area is 155 Å². The first kappa shape index (κ1) is 17.0. The number of hydrogen-bond acceptors (Lipinski definition) is 4. The molecule has 0 unspecified atom stereocenters. The van der Waals surface area contributed by atoms with Gasteiger partial charge in [-0.15, -0.1) is 0 Å². The van der Waals surface area contributed by atoms with E-state index in [4.69, 9.17) is 4.74 Å². The number of aromatic amines is 1. The highest BCUT2D eigenvalue weighted by molar-refractivity contribution is 6.01. The zero-order valence-electron chi connectivity index (χ0n) is 14.6. The Bertz CT molecular complexity index is 987. The molecule has 0 bridgehead atoms. The Morgan fingerprint density at radius 1 is 1.07 bits per heavy atom. The highest BCUT2D eigenvalue weighted by atomic mass is 16.5. The summed E-state index contributed by atoms with van der Waals surface area (Å²) in [7, 11) is 0. The number of para-hydroxylation sites is 1. The fourth-order valence-corrected chi connectivity index (χ4v) is 3.22. The van der Waals surface area contributed by atoms with E-state index in [0.29, 0.717) is 24.2 Å². The Morgan fingerprint density at radius 3 is 2.56 bits per heavy atom. The maximum atomic E-state index is 12.3. The van der Waals surface area contributed by atoms with Gasteiger partial charge in [-0.1, -0.05) is 18.2 Å². The van der Waals surface area contributed by atoms with E-state index in [-0.39, 0.29) is 18.3 Å². The number of benzene rings is 2. The highest BCUT2D eigenvalue weighted by Gasteiger charge is 2.22. The van der Waals surface area contributed by atoms with Gasteiger partial charge in [0, 0.05) is 35.1 Å². The van der Waals surface area contributed by atoms with Gasteiger partial charge >= 0.3 is 5.97 Å². The summed E-state index contributed by atoms with van der Waals surface area (Å²) >= 11 is 0. The maximum Gasteiger partial charge on any atom is 0.355 e. The summed E-state index contributed by atoms with van der Waals surface area (Å²) in [6.45, 7) is 0.366. The van der Waals surface area contributed by atoms with Gasteiger partial charge in [-0.3, -0.25) is 9.59 Å². The van der Waals surface area contributed by atoms with Crippen molar-refractivity contribution in [3.8, 4) is 0 Å². The summed E-state index contributed by atoms with van der Waals surface area (Å²) in [6, 6.07) is 16.0. The van der Waals surface area contributed by atoms with Crippen molar-refractivity contribution in [3.05, 3.63) is 65.9 Å². The normalized spacial score (nSPS) is 13.9. The number of fused-ring (bicyclic) bond motifs is 1. The molecule has 2 heterocycles. The molecular weight excluding hydrogens is 344 g/mol. The molecule has 1 amide bonds. The van der Waals surface area contributed by atoms with Crippen molar-refractivity contribution in [2.45, 2.75) is 12.8 Å². The lowest BCUT2D eigenvalue weighted by Crippen LogP contribution is -2.23. The fraction of sp³-hybridized carbons (Fsp3) is 0.190. The smallest absolute Gasteiger partial charge is 0.355 e. The van der Waals surface area contributed by atoms with E-state index in [1.54, 1.807) is 35.2 Å². The van der Waals surface area contributed by atoms with Gasteiger partial charge in [0.05, 0.1) is 0 Å². The van der Waals surface area contributed by atoms with Gasteiger partial charge in [0.25, 0.3) is 0 Å². The van der Waals surface area contributed by atoms with Crippen molar-refractivity contribution in [3.63, 3.8) is 0 Å². The van der Waals surface area contributed by atoms with Gasteiger partial charge in [0.1, 0.15) is 5.69 Å². The molecule has 3 aromatic rings. The molecule has 0 spiro atoms. The van der Waals surface area contributed by atoms with E-state index in [0.717, 1.165) is 23.0 Å². The molecule has 2 aromatic carbocycles. The average Bonchev–Trinajstić information content (AvgIpc) is 3.32. The lowest BCUT2D eigenvalue weighted by Gasteiger charge is -2.15. The van der Waals surface area contributed by atoms with E-state index in [9.17, 15) is 14.4 Å². The molecule has 0 atom stereocenters. The molecule has 6 nitrogen and oxygen atoms in total. The Morgan fingerprint density at radius 2 is 1.85 bits per heavy atom. The first-order valence-corrected chi connectivity index (χ1v) is 8.80. The van der Waals surface area contributed by atoms with Gasteiger partial charge in [-0.25, -0.2) is 4.79 Å². The zero-order chi connectivity index (χ0) is 18.8. The molecule has 0 saturated carbocycles. The lowest BCUT2D eigenvalue weighted by molar-refractivity contribution is -0.117. The van der Waals surface area contributed by atoms with Gasteiger partial charge in [0.15, 0.2) is 12.4 Å². The quantitative estimate of drug-likeness (QED) is 0.558. The number of carbonyl (C=O) groups is 3. The third-order valence-electron chi connectivity index (χ3n) is 4.66. The third kappa shape index (κ3) is 3.46. The van der Waals surface area contributed by atoms with E-state index in [1.165, 1.54) is 0 Å². The molecule has 27 heavy (non-hydrogen) atoms. The molecule has 6 heteroatoms. The van der Waals surface area contributed by atoms with Gasteiger partial charge in [-0.05, 0) is 42.8 Å². The number of H-pyrrole nitrogens is 1. The van der Waals surface area contributed by atoms with Crippen molar-refractivity contribution in [2.75, 3.05) is 18.1 Å². The van der Waals surface area contributed by atoms with Crippen LogP contribution in [0.2, 0.25) is 0 Å². The summed E-state index contributed by atoms with van der Waals surface area (Å²) < 4.78 is 5.14. The number of ether oxygens (including phenoxy) is 1. The number of hydrogen-bond donors (Lipinski definition) is 1. The van der Waals surface area contributed by atoms with Crippen LogP contribution < -0.4 is 4.90 Å². The highest BCUT2D eigenvalue weighted by Crippen LogP contribution is 2.22. The molecule has 1 N–H and O–H groups in total. The Kier molecular flexibility index (Phi) is 4.46. The number of nitrogens with one attached hydrogen (secondary N) is 1. The first-order valence-electron chi connectivity index (χ1n) is 8.80. The van der Waals surface area contributed by atoms with Crippen molar-refractivity contribution in [1.29, 1.82) is 0 Å². The second-order valence-electron chi connectivity index (χ2n) is 6.47. The number of nitrogens with zero attached hydrogens (tertiary/aromatic N) is 1. The van der Waals surface area contributed by atoms with Crippen LogP contribution in [0.15, 0.2) is 54.6 Å². The summed E-state index contributed by atoms with van der Waals surface area (Å²) in [5.41, 5.74) is 2.37. The Balaban J connectivity index is 1.38. The molecule has 1 saturated heterocycles. The first-order chi connectivity index (χ1) is 13.1. The summed E-state index contributed by atoms with van der Waals surface area (Å²) in [4.78, 5) is 40.9. The minimum Gasteiger partial charge on any atom is -0.453 e. The van der Waals surface area contributed by atoms with Crippen LogP contribution in [-0.4, -0.2) is 35.8 Å². The summed E-state index contributed by atoms with van der Waals surface area (Å²) in [6.07, 6.45) is 1.41. The van der Waals surface area contributed by atoms with Crippen LogP contribution in [0.1, 0.15) is 33.7 Å². The van der Waals surface area contributed by atoms with Gasteiger partial charge < -0.3 is 14.6 Å². The predicted octanol–water partition coefficient (Wildman–Crippen LogP) is 3.33. The number of rotatable bonds is 5. The lowest BCUT2D eigenvalue weighted by atomic mass is 10.1. The summed E-state index contributed by atoms with van der Waals surface area (Å²) in [5.74, 6) is -0.765. The van der Waals surface area contributed by atoms with Gasteiger partial charge in [0.2, 0.25) is 5.91 Å². The SMILES string of the molecule is O=C(COC(=O)c1cc2ccccc2[nH]1)c1ccc(N2CCCC2=O)cc1. The van der Waals surface area contributed by atoms with E-state index in [1.807, 2.05) is 24.3 Å². The monoisotopic (exact) mass is 362 g/mol. The number of anilines is 1. The van der Waals surface area contributed by atoms with Crippen LogP contribution in [-0.2, 0) is 9.53 Å². The number of ketones is 1. The zero-order valence-corrected chi connectivity index (χ0v) is 14.6. The third-order valence-corrected chi connectivity index (χ3v) is 4.66. The average molecular weight is 362 g/mol. The molecule has 0 aliphatic carbocycles. The van der Waals surface area contributed by atoms with Gasteiger partial charge in [-0.2, -0.15) is 0 Å². The van der Waals surface area contributed by atoms with Crippen LogP contribution in [0.4, 0.5) is 5.69 Å². The fourth-order valence-electron chi connectivity index (χ4n) is 3.22. The van der Waals surface area contributed by atoms with Crippen LogP contribution in [0.3, 0.4) is 0 Å². The van der Waals surface area contributed by atoms with Crippen molar-refractivity contribution in [1.82, 2.24) is 4.98 Å². The summed E-state index contributed by atoms with van der Waals surface area (Å²) in [5, 5.41) is 0.905. The number of carbonyl (C=O) groups excluding carboxylic acids is 3. The number of esters is 1. The Hall–Kier alpha value is -3.41. The number of Topliss-reactive ketones (excluding diaryl/α,β-unsaturated/α-hetero) is 1. The maximum absolute atomic E-state index is 12.3. The molecule has 136 valence electrons. The standard InChI is InChI=1S/C21H18N2O4/c24-19(14-7-9-16(10-8-14)23-11-3-6-20(23)25)13-27-21(26)18-12-15-4-1-2-5-17(15)22-18/h1-2,4-5,7-10,12,22H,3,6,11,13H2. The number of amides is 1. The van der Waals surface area contributed by atoms with Crippen LogP contribution >= 0.6 is 0 Å². The molecule has 1 aliphatic heterocycles. The van der Waals surface area contributed by atoms with Crippen molar-refractivity contribution in [2.24, 2.45) is 0 Å². The van der Waals surface area contributed by atoms with Crippen LogP contribution in [0.25, 0.3) is 10.9 Å². The van der Waals surface area contributed by atoms with E-state index in [2.05, 4.69) is 4.98 Å². The topological polar surface area (TPSA) is 79.5 Å². The number of aromatic nitrogens is 1. The molecular formula is C21H18N2O4. The van der Waals surface area contributed by atoms with Crippen molar-refractivity contribution >= 4 is 34.3 Å². The van der Waals surface area contributed by atoms with Crippen molar-refractivity contribution < 1.29 is 19.1 Å². The largest absolute Gasteiger partial charge is 0.453 e. The van der Waals surface area contributed by atoms with E-state index >= 15 is 0 Å². The van der Waals surface area contributed by atoms with Crippen LogP contribution in [0.5, 0.6) is 0 Å². The van der Waals surface area contributed by atoms with Crippen LogP contribution in [0, 0.1) is 0 Å². The second kappa shape index (κ2) is 7.07.